The molecule has 0 bridgehead atoms. The van der Waals surface area contributed by atoms with Crippen LogP contribution in [0.5, 0.6) is 0 Å². The smallest absolute Gasteiger partial charge is 0.288 e. The Balaban J connectivity index is 1.78. The zero-order valence-electron chi connectivity index (χ0n) is 12.3. The minimum Gasteiger partial charge on any atom is -0.386 e. The van der Waals surface area contributed by atoms with Gasteiger partial charge in [0.25, 0.3) is 11.7 Å². The summed E-state index contributed by atoms with van der Waals surface area (Å²) in [6.45, 7) is -0.363. The van der Waals surface area contributed by atoms with Gasteiger partial charge in [0.2, 0.25) is 0 Å². The molecule has 0 aliphatic heterocycles. The molecule has 24 heavy (non-hydrogen) atoms. The Morgan fingerprint density at radius 2 is 1.92 bits per heavy atom. The highest BCUT2D eigenvalue weighted by molar-refractivity contribution is 7.99. The first-order valence-corrected chi connectivity index (χ1v) is 7.67. The monoisotopic (exact) mass is 354 g/mol. The molecule has 0 aliphatic rings. The number of anilines is 1. The average Bonchev–Trinajstić information content (AvgIpc) is 2.54. The molecule has 8 heteroatoms. The third kappa shape index (κ3) is 5.96. The fourth-order valence-corrected chi connectivity index (χ4v) is 2.19. The van der Waals surface area contributed by atoms with Crippen LogP contribution >= 0.6 is 11.8 Å². The number of alkyl halides is 2. The average molecular weight is 354 g/mol. The fraction of sp³-hybridized carbons (Fsp3) is 0.125. The van der Waals surface area contributed by atoms with Crippen LogP contribution in [0.15, 0.2) is 58.6 Å². The van der Waals surface area contributed by atoms with E-state index in [0.29, 0.717) is 22.3 Å². The highest BCUT2D eigenvalue weighted by Crippen LogP contribution is 2.26. The largest absolute Gasteiger partial charge is 0.386 e. The van der Waals surface area contributed by atoms with Crippen molar-refractivity contribution in [3.8, 4) is 0 Å². The standard InChI is InChI=1S/C16H13F3N2O2S/c17-14-4-2-1-3-11(14)9-20-23-10-15(22)21-12-5-7-13(8-6-12)24-16(18)19/h1-9,16H,10H2,(H,21,22)/b20-9-. The van der Waals surface area contributed by atoms with Gasteiger partial charge in [0.15, 0.2) is 6.61 Å². The zero-order chi connectivity index (χ0) is 17.4. The molecule has 2 aromatic rings. The molecule has 0 heterocycles. The van der Waals surface area contributed by atoms with E-state index in [9.17, 15) is 18.0 Å². The molecule has 0 aliphatic carbocycles. The number of thioether (sulfide) groups is 1. The van der Waals surface area contributed by atoms with Gasteiger partial charge in [-0.25, -0.2) is 4.39 Å². The normalized spacial score (nSPS) is 11.0. The number of rotatable bonds is 7. The van der Waals surface area contributed by atoms with Crippen molar-refractivity contribution in [3.05, 3.63) is 59.9 Å². The Bertz CT molecular complexity index is 709. The van der Waals surface area contributed by atoms with Crippen molar-refractivity contribution in [1.82, 2.24) is 0 Å². The van der Waals surface area contributed by atoms with E-state index in [1.54, 1.807) is 12.1 Å². The highest BCUT2D eigenvalue weighted by atomic mass is 32.2. The summed E-state index contributed by atoms with van der Waals surface area (Å²) >= 11 is 0.421. The first-order chi connectivity index (χ1) is 11.5. The zero-order valence-corrected chi connectivity index (χ0v) is 13.1. The van der Waals surface area contributed by atoms with Gasteiger partial charge in [-0.2, -0.15) is 8.78 Å². The Morgan fingerprint density at radius 3 is 2.58 bits per heavy atom. The van der Waals surface area contributed by atoms with Crippen LogP contribution in [0, 0.1) is 5.82 Å². The number of halogens is 3. The van der Waals surface area contributed by atoms with Crippen molar-refractivity contribution >= 4 is 29.6 Å². The van der Waals surface area contributed by atoms with E-state index >= 15 is 0 Å². The van der Waals surface area contributed by atoms with Gasteiger partial charge in [0.1, 0.15) is 5.82 Å². The summed E-state index contributed by atoms with van der Waals surface area (Å²) in [6.07, 6.45) is 1.17. The molecule has 0 saturated heterocycles. The lowest BCUT2D eigenvalue weighted by Crippen LogP contribution is -2.16. The predicted octanol–water partition coefficient (Wildman–Crippen LogP) is 4.13. The maximum atomic E-state index is 13.3. The molecule has 0 spiro atoms. The van der Waals surface area contributed by atoms with Crippen LogP contribution in [0.2, 0.25) is 0 Å². The first kappa shape index (κ1) is 17.9. The minimum absolute atomic E-state index is 0.241. The molecule has 2 aromatic carbocycles. The summed E-state index contributed by atoms with van der Waals surface area (Å²) in [7, 11) is 0. The van der Waals surface area contributed by atoms with Crippen molar-refractivity contribution in [2.45, 2.75) is 10.7 Å². The van der Waals surface area contributed by atoms with Gasteiger partial charge in [0.05, 0.1) is 6.21 Å². The quantitative estimate of drug-likeness (QED) is 0.462. The van der Waals surface area contributed by atoms with Crippen molar-refractivity contribution in [1.29, 1.82) is 0 Å². The number of oxime groups is 1. The second kappa shape index (κ2) is 8.97. The Kier molecular flexibility index (Phi) is 6.68. The van der Waals surface area contributed by atoms with Gasteiger partial charge in [-0.1, -0.05) is 35.1 Å². The molecular formula is C16H13F3N2O2S. The Morgan fingerprint density at radius 1 is 1.21 bits per heavy atom. The summed E-state index contributed by atoms with van der Waals surface area (Å²) in [5.74, 6) is -3.42. The maximum absolute atomic E-state index is 13.3. The van der Waals surface area contributed by atoms with E-state index < -0.39 is 17.5 Å². The third-order valence-corrected chi connectivity index (χ3v) is 3.45. The fourth-order valence-electron chi connectivity index (χ4n) is 1.69. The first-order valence-electron chi connectivity index (χ1n) is 6.79. The molecule has 126 valence electrons. The van der Waals surface area contributed by atoms with Crippen molar-refractivity contribution in [2.75, 3.05) is 11.9 Å². The van der Waals surface area contributed by atoms with Crippen LogP contribution in [-0.2, 0) is 9.63 Å². The molecule has 1 N–H and O–H groups in total. The SMILES string of the molecule is O=C(CO/N=C\c1ccccc1F)Nc1ccc(SC(F)F)cc1. The van der Waals surface area contributed by atoms with E-state index in [1.165, 1.54) is 42.6 Å². The minimum atomic E-state index is -2.49. The molecule has 4 nitrogen and oxygen atoms in total. The van der Waals surface area contributed by atoms with E-state index in [-0.39, 0.29) is 12.2 Å². The molecular weight excluding hydrogens is 341 g/mol. The number of amides is 1. The van der Waals surface area contributed by atoms with Crippen LogP contribution in [0.4, 0.5) is 18.9 Å². The van der Waals surface area contributed by atoms with Crippen LogP contribution in [0.3, 0.4) is 0 Å². The molecule has 0 unspecified atom stereocenters. The lowest BCUT2D eigenvalue weighted by Gasteiger charge is -2.05. The van der Waals surface area contributed by atoms with Crippen LogP contribution in [0.25, 0.3) is 0 Å². The number of carbonyl (C=O) groups is 1. The van der Waals surface area contributed by atoms with Gasteiger partial charge in [-0.15, -0.1) is 0 Å². The molecule has 0 fully saturated rings. The molecule has 1 amide bonds. The van der Waals surface area contributed by atoms with E-state index in [1.807, 2.05) is 0 Å². The maximum Gasteiger partial charge on any atom is 0.288 e. The van der Waals surface area contributed by atoms with Gasteiger partial charge in [-0.05, 0) is 30.3 Å². The lowest BCUT2D eigenvalue weighted by molar-refractivity contribution is -0.120. The van der Waals surface area contributed by atoms with Crippen molar-refractivity contribution < 1.29 is 22.8 Å². The number of carbonyl (C=O) groups excluding carboxylic acids is 1. The Labute approximate surface area is 140 Å². The van der Waals surface area contributed by atoms with Crippen molar-refractivity contribution in [3.63, 3.8) is 0 Å². The van der Waals surface area contributed by atoms with Crippen molar-refractivity contribution in [2.24, 2.45) is 5.16 Å². The number of nitrogens with zero attached hydrogens (tertiary/aromatic N) is 1. The third-order valence-electron chi connectivity index (χ3n) is 2.73. The van der Waals surface area contributed by atoms with E-state index in [2.05, 4.69) is 10.5 Å². The topological polar surface area (TPSA) is 50.7 Å². The van der Waals surface area contributed by atoms with Crippen LogP contribution in [0.1, 0.15) is 5.56 Å². The second-order valence-corrected chi connectivity index (χ2v) is 5.54. The van der Waals surface area contributed by atoms with Gasteiger partial charge in [0, 0.05) is 16.1 Å². The molecule has 2 rings (SSSR count). The second-order valence-electron chi connectivity index (χ2n) is 4.48. The molecule has 0 aromatic heterocycles. The molecule has 0 radical (unpaired) electrons. The van der Waals surface area contributed by atoms with E-state index in [4.69, 9.17) is 4.84 Å². The van der Waals surface area contributed by atoms with Gasteiger partial charge >= 0.3 is 0 Å². The van der Waals surface area contributed by atoms with Crippen LogP contribution in [-0.4, -0.2) is 24.5 Å². The van der Waals surface area contributed by atoms with E-state index in [0.717, 1.165) is 0 Å². The Hall–Kier alpha value is -2.48. The summed E-state index contributed by atoms with van der Waals surface area (Å²) in [6, 6.07) is 12.0. The highest BCUT2D eigenvalue weighted by Gasteiger charge is 2.06. The number of hydrogen-bond acceptors (Lipinski definition) is 4. The number of hydrogen-bond donors (Lipinski definition) is 1. The number of nitrogens with one attached hydrogen (secondary N) is 1. The molecule has 0 atom stereocenters. The van der Waals surface area contributed by atoms with Gasteiger partial charge in [-0.3, -0.25) is 4.79 Å². The summed E-state index contributed by atoms with van der Waals surface area (Å²) in [5, 5.41) is 6.04. The summed E-state index contributed by atoms with van der Waals surface area (Å²) < 4.78 is 37.7. The summed E-state index contributed by atoms with van der Waals surface area (Å²) in [5.41, 5.74) is 0.685. The predicted molar refractivity (Wildman–Crippen MR) is 86.9 cm³/mol. The molecule has 0 saturated carbocycles. The number of benzene rings is 2. The van der Waals surface area contributed by atoms with Gasteiger partial charge < -0.3 is 10.2 Å². The summed E-state index contributed by atoms with van der Waals surface area (Å²) in [4.78, 5) is 16.8. The van der Waals surface area contributed by atoms with Crippen LogP contribution < -0.4 is 5.32 Å². The lowest BCUT2D eigenvalue weighted by atomic mass is 10.2.